The molecule has 3 aromatic rings. The predicted molar refractivity (Wildman–Crippen MR) is 150 cm³/mol. The molecule has 0 saturated heterocycles. The smallest absolute Gasteiger partial charge is 0.192 e. The van der Waals surface area contributed by atoms with Gasteiger partial charge in [-0.25, -0.2) is 4.99 Å². The van der Waals surface area contributed by atoms with Crippen LogP contribution in [0.25, 0.3) is 0 Å². The number of rotatable bonds is 10. The maximum atomic E-state index is 4.80. The Bertz CT molecular complexity index is 1000. The first kappa shape index (κ1) is 27.8. The van der Waals surface area contributed by atoms with Crippen molar-refractivity contribution in [3.05, 3.63) is 83.4 Å². The molecule has 0 amide bonds. The van der Waals surface area contributed by atoms with E-state index < -0.39 is 0 Å². The molecule has 2 aromatic carbocycles. The second-order valence-electron chi connectivity index (χ2n) is 8.63. The van der Waals surface area contributed by atoms with Crippen LogP contribution in [0.15, 0.2) is 65.7 Å². The fourth-order valence-electron chi connectivity index (χ4n) is 3.57. The summed E-state index contributed by atoms with van der Waals surface area (Å²) >= 11 is 0. The summed E-state index contributed by atoms with van der Waals surface area (Å²) in [6.45, 7) is 8.60. The highest BCUT2D eigenvalue weighted by molar-refractivity contribution is 14.0. The van der Waals surface area contributed by atoms with Crippen molar-refractivity contribution in [3.63, 3.8) is 0 Å². The normalized spacial score (nSPS) is 13.3. The van der Waals surface area contributed by atoms with Crippen LogP contribution in [-0.2, 0) is 20.1 Å². The van der Waals surface area contributed by atoms with Crippen LogP contribution in [0.2, 0.25) is 0 Å². The Balaban J connectivity index is 0.00000408. The second kappa shape index (κ2) is 14.1. The third-order valence-corrected chi connectivity index (χ3v) is 6.10. The van der Waals surface area contributed by atoms with Gasteiger partial charge in [-0.05, 0) is 45.4 Å². The molecule has 1 heterocycles. The number of halogens is 1. The van der Waals surface area contributed by atoms with Crippen molar-refractivity contribution >= 4 is 29.9 Å². The van der Waals surface area contributed by atoms with Gasteiger partial charge in [0.2, 0.25) is 0 Å². The van der Waals surface area contributed by atoms with Crippen LogP contribution in [-0.4, -0.2) is 45.3 Å². The van der Waals surface area contributed by atoms with Crippen LogP contribution in [0.1, 0.15) is 49.1 Å². The summed E-state index contributed by atoms with van der Waals surface area (Å²) in [6, 6.07) is 21.6. The molecule has 0 aliphatic carbocycles. The summed E-state index contributed by atoms with van der Waals surface area (Å²) in [7, 11) is 4.15. The van der Waals surface area contributed by atoms with Crippen LogP contribution < -0.4 is 10.6 Å². The average molecular weight is 576 g/mol. The van der Waals surface area contributed by atoms with Gasteiger partial charge in [-0.15, -0.1) is 34.2 Å². The summed E-state index contributed by atoms with van der Waals surface area (Å²) < 4.78 is 1.97. The third-order valence-electron chi connectivity index (χ3n) is 6.10. The van der Waals surface area contributed by atoms with Gasteiger partial charge in [0.25, 0.3) is 0 Å². The van der Waals surface area contributed by atoms with E-state index in [2.05, 4.69) is 101 Å². The Morgan fingerprint density at radius 3 is 2.29 bits per heavy atom. The number of nitrogens with zero attached hydrogens (tertiary/aromatic N) is 5. The number of guanidine groups is 1. The highest BCUT2D eigenvalue weighted by atomic mass is 127. The predicted octanol–water partition coefficient (Wildman–Crippen LogP) is 4.45. The molecule has 1 aromatic heterocycles. The van der Waals surface area contributed by atoms with E-state index in [1.807, 2.05) is 24.6 Å². The van der Waals surface area contributed by atoms with Crippen molar-refractivity contribution in [2.24, 2.45) is 12.0 Å². The van der Waals surface area contributed by atoms with Crippen LogP contribution in [0.3, 0.4) is 0 Å². The molecule has 34 heavy (non-hydrogen) atoms. The SMILES string of the molecule is Cc1nnc(CN=C(NCCC(C)N(C)Cc2ccccc2)NC(C)c2ccccc2)n1C.I. The number of hydrogen-bond acceptors (Lipinski definition) is 4. The van der Waals surface area contributed by atoms with Gasteiger partial charge in [0.1, 0.15) is 12.4 Å². The molecule has 0 radical (unpaired) electrons. The largest absolute Gasteiger partial charge is 0.356 e. The van der Waals surface area contributed by atoms with Gasteiger partial charge in [0.05, 0.1) is 6.04 Å². The van der Waals surface area contributed by atoms with Gasteiger partial charge in [0, 0.05) is 26.2 Å². The quantitative estimate of drug-likeness (QED) is 0.213. The fraction of sp³-hybridized carbons (Fsp3) is 0.423. The summed E-state index contributed by atoms with van der Waals surface area (Å²) in [6.07, 6.45) is 1.01. The molecule has 0 fully saturated rings. The Hall–Kier alpha value is -2.46. The monoisotopic (exact) mass is 575 g/mol. The minimum atomic E-state index is 0. The molecule has 0 aliphatic rings. The van der Waals surface area contributed by atoms with Gasteiger partial charge in [-0.1, -0.05) is 60.7 Å². The number of aryl methyl sites for hydroxylation is 1. The molecule has 184 valence electrons. The first-order valence-corrected chi connectivity index (χ1v) is 11.6. The zero-order chi connectivity index (χ0) is 23.6. The van der Waals surface area contributed by atoms with Gasteiger partial charge >= 0.3 is 0 Å². The molecule has 2 unspecified atom stereocenters. The van der Waals surface area contributed by atoms with Gasteiger partial charge in [-0.2, -0.15) is 0 Å². The van der Waals surface area contributed by atoms with E-state index >= 15 is 0 Å². The van der Waals surface area contributed by atoms with Crippen LogP contribution >= 0.6 is 24.0 Å². The molecule has 8 heteroatoms. The Labute approximate surface area is 221 Å². The van der Waals surface area contributed by atoms with E-state index in [1.54, 1.807) is 0 Å². The Morgan fingerprint density at radius 1 is 1.03 bits per heavy atom. The number of aromatic nitrogens is 3. The molecule has 0 aliphatic heterocycles. The van der Waals surface area contributed by atoms with E-state index in [-0.39, 0.29) is 30.0 Å². The first-order valence-electron chi connectivity index (χ1n) is 11.6. The van der Waals surface area contributed by atoms with Gasteiger partial charge in [-0.3, -0.25) is 4.90 Å². The molecule has 2 N–H and O–H groups in total. The van der Waals surface area contributed by atoms with Gasteiger partial charge < -0.3 is 15.2 Å². The minimum Gasteiger partial charge on any atom is -0.356 e. The minimum absolute atomic E-state index is 0. The van der Waals surface area contributed by atoms with Crippen molar-refractivity contribution in [2.45, 2.75) is 52.4 Å². The van der Waals surface area contributed by atoms with Crippen molar-refractivity contribution in [2.75, 3.05) is 13.6 Å². The topological polar surface area (TPSA) is 70.4 Å². The van der Waals surface area contributed by atoms with Crippen molar-refractivity contribution in [3.8, 4) is 0 Å². The third kappa shape index (κ3) is 8.39. The molecule has 3 rings (SSSR count). The Morgan fingerprint density at radius 2 is 1.68 bits per heavy atom. The number of benzene rings is 2. The van der Waals surface area contributed by atoms with Gasteiger partial charge in [0.15, 0.2) is 11.8 Å². The number of hydrogen-bond donors (Lipinski definition) is 2. The molecule has 0 saturated carbocycles. The molecular formula is C26H38IN7. The lowest BCUT2D eigenvalue weighted by atomic mass is 10.1. The molecule has 0 bridgehead atoms. The molecular weight excluding hydrogens is 537 g/mol. The molecule has 7 nitrogen and oxygen atoms in total. The maximum Gasteiger partial charge on any atom is 0.192 e. The Kier molecular flexibility index (Phi) is 11.5. The molecule has 2 atom stereocenters. The van der Waals surface area contributed by atoms with Crippen molar-refractivity contribution in [1.29, 1.82) is 0 Å². The standard InChI is InChI=1S/C26H37N7.HI/c1-20(32(4)19-23-12-8-6-9-13-23)16-17-27-26(28-18-25-31-30-22(3)33(25)5)29-21(2)24-14-10-7-11-15-24;/h6-15,20-21H,16-19H2,1-5H3,(H2,27,28,29);1H. The maximum absolute atomic E-state index is 4.80. The zero-order valence-electron chi connectivity index (χ0n) is 20.9. The van der Waals surface area contributed by atoms with E-state index in [0.717, 1.165) is 37.1 Å². The number of nitrogens with one attached hydrogen (secondary N) is 2. The van der Waals surface area contributed by atoms with Crippen LogP contribution in [0.4, 0.5) is 0 Å². The summed E-state index contributed by atoms with van der Waals surface area (Å²) in [5.41, 5.74) is 2.55. The number of aliphatic imine (C=N–C) groups is 1. The molecule has 0 spiro atoms. The van der Waals surface area contributed by atoms with Crippen LogP contribution in [0, 0.1) is 6.92 Å². The second-order valence-corrected chi connectivity index (χ2v) is 8.63. The highest BCUT2D eigenvalue weighted by Crippen LogP contribution is 2.11. The summed E-state index contributed by atoms with van der Waals surface area (Å²) in [4.78, 5) is 7.19. The van der Waals surface area contributed by atoms with E-state index in [1.165, 1.54) is 11.1 Å². The summed E-state index contributed by atoms with van der Waals surface area (Å²) in [5, 5.41) is 15.4. The van der Waals surface area contributed by atoms with Crippen molar-refractivity contribution < 1.29 is 0 Å². The van der Waals surface area contributed by atoms with E-state index in [4.69, 9.17) is 4.99 Å². The fourth-order valence-corrected chi connectivity index (χ4v) is 3.57. The van der Waals surface area contributed by atoms with E-state index in [9.17, 15) is 0 Å². The van der Waals surface area contributed by atoms with Crippen LogP contribution in [0.5, 0.6) is 0 Å². The summed E-state index contributed by atoms with van der Waals surface area (Å²) in [5.74, 6) is 2.51. The van der Waals surface area contributed by atoms with Crippen molar-refractivity contribution in [1.82, 2.24) is 30.3 Å². The lowest BCUT2D eigenvalue weighted by molar-refractivity contribution is 0.238. The first-order chi connectivity index (χ1) is 15.9. The highest BCUT2D eigenvalue weighted by Gasteiger charge is 2.12. The van der Waals surface area contributed by atoms with E-state index in [0.29, 0.717) is 12.6 Å². The lowest BCUT2D eigenvalue weighted by Gasteiger charge is -2.25. The lowest BCUT2D eigenvalue weighted by Crippen LogP contribution is -2.41. The zero-order valence-corrected chi connectivity index (χ0v) is 23.2. The average Bonchev–Trinajstić information content (AvgIpc) is 3.15.